The molecule has 0 aliphatic carbocycles. The van der Waals surface area contributed by atoms with Crippen molar-refractivity contribution in [3.63, 3.8) is 0 Å². The Hall–Kier alpha value is -2.76. The Bertz CT molecular complexity index is 1230. The van der Waals surface area contributed by atoms with Gasteiger partial charge in [-0.1, -0.05) is 17.3 Å². The molecule has 2 aromatic heterocycles. The quantitative estimate of drug-likeness (QED) is 0.546. The van der Waals surface area contributed by atoms with Gasteiger partial charge in [0.05, 0.1) is 0 Å². The molecule has 0 amide bonds. The van der Waals surface area contributed by atoms with Crippen LogP contribution < -0.4 is 9.80 Å². The third-order valence-corrected chi connectivity index (χ3v) is 8.16. The number of piperazine rings is 2. The highest BCUT2D eigenvalue weighted by molar-refractivity contribution is 7.88. The van der Waals surface area contributed by atoms with Gasteiger partial charge in [0.1, 0.15) is 28.9 Å². The second kappa shape index (κ2) is 8.88. The number of hydrogen-bond acceptors (Lipinski definition) is 9. The van der Waals surface area contributed by atoms with E-state index in [9.17, 15) is 8.42 Å². The van der Waals surface area contributed by atoms with Gasteiger partial charge in [0.15, 0.2) is 5.58 Å². The molecule has 2 saturated heterocycles. The molecule has 11 heteroatoms. The van der Waals surface area contributed by atoms with Crippen molar-refractivity contribution >= 4 is 32.6 Å². The second-order valence-corrected chi connectivity index (χ2v) is 10.7. The Morgan fingerprint density at radius 1 is 0.909 bits per heavy atom. The van der Waals surface area contributed by atoms with Crippen LogP contribution in [0.2, 0.25) is 0 Å². The fourth-order valence-electron chi connectivity index (χ4n) is 4.40. The zero-order chi connectivity index (χ0) is 23.0. The molecule has 0 spiro atoms. The lowest BCUT2D eigenvalue weighted by atomic mass is 10.2. The van der Waals surface area contributed by atoms with Crippen LogP contribution in [0.3, 0.4) is 0 Å². The summed E-state index contributed by atoms with van der Waals surface area (Å²) in [6.45, 7) is 7.78. The van der Waals surface area contributed by atoms with Crippen molar-refractivity contribution in [1.29, 1.82) is 0 Å². The van der Waals surface area contributed by atoms with E-state index in [4.69, 9.17) is 4.52 Å². The number of aromatic nitrogens is 3. The van der Waals surface area contributed by atoms with Gasteiger partial charge in [0, 0.05) is 63.8 Å². The molecule has 2 fully saturated rings. The smallest absolute Gasteiger partial charge is 0.220 e. The van der Waals surface area contributed by atoms with Gasteiger partial charge >= 0.3 is 0 Å². The highest BCUT2D eigenvalue weighted by Crippen LogP contribution is 2.24. The highest BCUT2D eigenvalue weighted by atomic mass is 32.2. The maximum atomic E-state index is 13.1. The molecule has 0 atom stereocenters. The van der Waals surface area contributed by atoms with E-state index in [0.29, 0.717) is 37.5 Å². The predicted molar refractivity (Wildman–Crippen MR) is 127 cm³/mol. The van der Waals surface area contributed by atoms with Crippen LogP contribution in [0.5, 0.6) is 0 Å². The minimum absolute atomic E-state index is 0.163. The number of rotatable bonds is 5. The van der Waals surface area contributed by atoms with E-state index in [1.807, 2.05) is 31.2 Å². The van der Waals surface area contributed by atoms with Crippen LogP contribution in [0, 0.1) is 6.92 Å². The van der Waals surface area contributed by atoms with Crippen molar-refractivity contribution < 1.29 is 12.9 Å². The predicted octanol–water partition coefficient (Wildman–Crippen LogP) is 1.33. The van der Waals surface area contributed by atoms with E-state index < -0.39 is 10.0 Å². The van der Waals surface area contributed by atoms with Crippen LogP contribution in [-0.2, 0) is 15.8 Å². The SMILES string of the molecule is Cc1nc(N2CCN(C)CC2)cc(N2CCN(S(=O)(=O)Cc3noc4ccccc34)CC2)n1. The Balaban J connectivity index is 1.26. The van der Waals surface area contributed by atoms with Crippen LogP contribution in [0.1, 0.15) is 11.5 Å². The van der Waals surface area contributed by atoms with Gasteiger partial charge in [0.25, 0.3) is 0 Å². The topological polar surface area (TPSA) is 98.9 Å². The van der Waals surface area contributed by atoms with Gasteiger partial charge in [-0.3, -0.25) is 0 Å². The van der Waals surface area contributed by atoms with Crippen molar-refractivity contribution in [2.75, 3.05) is 69.2 Å². The first-order chi connectivity index (χ1) is 15.9. The Morgan fingerprint density at radius 2 is 1.52 bits per heavy atom. The van der Waals surface area contributed by atoms with Gasteiger partial charge < -0.3 is 19.2 Å². The Labute approximate surface area is 193 Å². The number of nitrogens with zero attached hydrogens (tertiary/aromatic N) is 7. The summed E-state index contributed by atoms with van der Waals surface area (Å²) >= 11 is 0. The third-order valence-electron chi connectivity index (χ3n) is 6.37. The lowest BCUT2D eigenvalue weighted by Gasteiger charge is -2.36. The van der Waals surface area contributed by atoms with Crippen LogP contribution in [0.15, 0.2) is 34.9 Å². The van der Waals surface area contributed by atoms with E-state index in [2.05, 4.69) is 36.9 Å². The third kappa shape index (κ3) is 4.66. The fraction of sp³-hybridized carbons (Fsp3) is 0.500. The zero-order valence-corrected chi connectivity index (χ0v) is 19.8. The molecule has 0 N–H and O–H groups in total. The number of anilines is 2. The van der Waals surface area contributed by atoms with Crippen LogP contribution in [-0.4, -0.2) is 92.2 Å². The number of fused-ring (bicyclic) bond motifs is 1. The molecular formula is C22H29N7O3S. The first-order valence-corrected chi connectivity index (χ1v) is 12.9. The molecule has 10 nitrogen and oxygen atoms in total. The number of likely N-dealkylation sites (N-methyl/N-ethyl adjacent to an activating group) is 1. The minimum atomic E-state index is -3.50. The molecule has 2 aliphatic heterocycles. The number of sulfonamides is 1. The van der Waals surface area contributed by atoms with Crippen molar-refractivity contribution in [2.45, 2.75) is 12.7 Å². The number of aryl methyl sites for hydroxylation is 1. The van der Waals surface area contributed by atoms with Crippen molar-refractivity contribution in [3.8, 4) is 0 Å². The molecule has 4 heterocycles. The van der Waals surface area contributed by atoms with E-state index in [1.54, 1.807) is 10.4 Å². The molecule has 5 rings (SSSR count). The van der Waals surface area contributed by atoms with E-state index in [-0.39, 0.29) is 5.75 Å². The zero-order valence-electron chi connectivity index (χ0n) is 19.0. The average Bonchev–Trinajstić information content (AvgIpc) is 3.21. The summed E-state index contributed by atoms with van der Waals surface area (Å²) in [4.78, 5) is 16.0. The van der Waals surface area contributed by atoms with E-state index in [0.717, 1.165) is 49.0 Å². The molecule has 0 bridgehead atoms. The lowest BCUT2D eigenvalue weighted by Crippen LogP contribution is -2.49. The summed E-state index contributed by atoms with van der Waals surface area (Å²) in [6, 6.07) is 9.36. The normalized spacial score (nSPS) is 18.8. The van der Waals surface area contributed by atoms with Crippen molar-refractivity contribution in [1.82, 2.24) is 24.3 Å². The maximum absolute atomic E-state index is 13.1. The first-order valence-electron chi connectivity index (χ1n) is 11.2. The van der Waals surface area contributed by atoms with Crippen molar-refractivity contribution in [2.24, 2.45) is 0 Å². The summed E-state index contributed by atoms with van der Waals surface area (Å²) in [6.07, 6.45) is 0. The van der Waals surface area contributed by atoms with Gasteiger partial charge in [0.2, 0.25) is 10.0 Å². The van der Waals surface area contributed by atoms with Crippen LogP contribution in [0.4, 0.5) is 11.6 Å². The lowest BCUT2D eigenvalue weighted by molar-refractivity contribution is 0.312. The molecule has 0 saturated carbocycles. The number of benzene rings is 1. The standard InChI is InChI=1S/C22H29N7O3S/c1-17-23-21(27-9-7-26(2)8-10-27)15-22(24-17)28-11-13-29(14-12-28)33(30,31)16-19-18-5-3-4-6-20(18)32-25-19/h3-6,15H,7-14,16H2,1-2H3. The average molecular weight is 472 g/mol. The molecule has 3 aromatic rings. The van der Waals surface area contributed by atoms with Crippen LogP contribution in [0.25, 0.3) is 11.0 Å². The van der Waals surface area contributed by atoms with Gasteiger partial charge in [-0.15, -0.1) is 0 Å². The minimum Gasteiger partial charge on any atom is -0.356 e. The first kappa shape index (κ1) is 22.1. The van der Waals surface area contributed by atoms with Crippen LogP contribution >= 0.6 is 0 Å². The summed E-state index contributed by atoms with van der Waals surface area (Å²) in [5.74, 6) is 2.37. The Kier molecular flexibility index (Phi) is 5.94. The molecular weight excluding hydrogens is 442 g/mol. The molecule has 33 heavy (non-hydrogen) atoms. The molecule has 1 aromatic carbocycles. The van der Waals surface area contributed by atoms with Gasteiger partial charge in [-0.05, 0) is 26.1 Å². The number of para-hydroxylation sites is 1. The molecule has 2 aliphatic rings. The Morgan fingerprint density at radius 3 is 2.18 bits per heavy atom. The fourth-order valence-corrected chi connectivity index (χ4v) is 5.85. The van der Waals surface area contributed by atoms with Gasteiger partial charge in [-0.25, -0.2) is 18.4 Å². The van der Waals surface area contributed by atoms with E-state index in [1.165, 1.54) is 0 Å². The highest BCUT2D eigenvalue weighted by Gasteiger charge is 2.30. The largest absolute Gasteiger partial charge is 0.356 e. The van der Waals surface area contributed by atoms with E-state index >= 15 is 0 Å². The summed E-state index contributed by atoms with van der Waals surface area (Å²) in [5, 5.41) is 4.73. The molecule has 0 unspecified atom stereocenters. The summed E-state index contributed by atoms with van der Waals surface area (Å²) in [7, 11) is -1.37. The summed E-state index contributed by atoms with van der Waals surface area (Å²) < 4.78 is 33.0. The van der Waals surface area contributed by atoms with Gasteiger partial charge in [-0.2, -0.15) is 4.31 Å². The van der Waals surface area contributed by atoms with Crippen molar-refractivity contribution in [3.05, 3.63) is 41.9 Å². The molecule has 0 radical (unpaired) electrons. The summed E-state index contributed by atoms with van der Waals surface area (Å²) in [5.41, 5.74) is 1.05. The number of hydrogen-bond donors (Lipinski definition) is 0. The second-order valence-electron chi connectivity index (χ2n) is 8.69. The monoisotopic (exact) mass is 471 g/mol. The molecule has 176 valence electrons. The maximum Gasteiger partial charge on any atom is 0.220 e.